The summed E-state index contributed by atoms with van der Waals surface area (Å²) in [4.78, 5) is 12.8. The van der Waals surface area contributed by atoms with E-state index >= 15 is 0 Å². The standard InChI is InChI=1S/C12H15BrClNOS/c13-8-6-7-17-11(8)12(16)15-10-5-3-1-2-4-9(10)14/h6-7,9-10H,1-5H2,(H,15,16). The van der Waals surface area contributed by atoms with E-state index in [1.165, 1.54) is 24.2 Å². The Bertz CT molecular complexity index is 396. The van der Waals surface area contributed by atoms with Crippen molar-refractivity contribution in [1.82, 2.24) is 5.32 Å². The zero-order valence-electron chi connectivity index (χ0n) is 9.42. The second-order valence-corrected chi connectivity index (χ2v) is 6.66. The third-order valence-corrected chi connectivity index (χ3v) is 5.43. The third kappa shape index (κ3) is 3.46. The van der Waals surface area contributed by atoms with Crippen LogP contribution in [0.3, 0.4) is 0 Å². The van der Waals surface area contributed by atoms with E-state index in [0.29, 0.717) is 0 Å². The van der Waals surface area contributed by atoms with E-state index in [-0.39, 0.29) is 17.3 Å². The number of carbonyl (C=O) groups is 1. The smallest absolute Gasteiger partial charge is 0.262 e. The maximum Gasteiger partial charge on any atom is 0.262 e. The molecule has 1 aliphatic rings. The topological polar surface area (TPSA) is 29.1 Å². The average molecular weight is 337 g/mol. The Morgan fingerprint density at radius 2 is 2.18 bits per heavy atom. The van der Waals surface area contributed by atoms with Crippen LogP contribution >= 0.6 is 38.9 Å². The molecule has 0 aromatic carbocycles. The minimum Gasteiger partial charge on any atom is -0.347 e. The zero-order chi connectivity index (χ0) is 12.3. The summed E-state index contributed by atoms with van der Waals surface area (Å²) in [6, 6.07) is 2.01. The van der Waals surface area contributed by atoms with Crippen LogP contribution in [-0.2, 0) is 0 Å². The molecule has 0 radical (unpaired) electrons. The van der Waals surface area contributed by atoms with Crippen LogP contribution in [-0.4, -0.2) is 17.3 Å². The summed E-state index contributed by atoms with van der Waals surface area (Å²) < 4.78 is 0.861. The van der Waals surface area contributed by atoms with E-state index in [1.807, 2.05) is 11.4 Å². The fraction of sp³-hybridized carbons (Fsp3) is 0.583. The first-order chi connectivity index (χ1) is 8.18. The molecule has 2 atom stereocenters. The van der Waals surface area contributed by atoms with Gasteiger partial charge in [0.05, 0.1) is 5.38 Å². The maximum atomic E-state index is 12.1. The predicted octanol–water partition coefficient (Wildman–Crippen LogP) is 4.18. The van der Waals surface area contributed by atoms with E-state index in [2.05, 4.69) is 21.2 Å². The molecule has 1 aromatic rings. The number of alkyl halides is 1. The second-order valence-electron chi connectivity index (χ2n) is 4.33. The Morgan fingerprint density at radius 3 is 2.88 bits per heavy atom. The van der Waals surface area contributed by atoms with Crippen LogP contribution in [0.1, 0.15) is 41.8 Å². The van der Waals surface area contributed by atoms with Crippen LogP contribution in [0, 0.1) is 0 Å². The lowest BCUT2D eigenvalue weighted by Gasteiger charge is -2.20. The van der Waals surface area contributed by atoms with Crippen molar-refractivity contribution in [2.75, 3.05) is 0 Å². The second kappa shape index (κ2) is 6.21. The first-order valence-electron chi connectivity index (χ1n) is 5.86. The molecule has 2 unspecified atom stereocenters. The molecular formula is C12H15BrClNOS. The minimum absolute atomic E-state index is 0.00979. The van der Waals surface area contributed by atoms with E-state index in [4.69, 9.17) is 11.6 Å². The fourth-order valence-electron chi connectivity index (χ4n) is 2.11. The van der Waals surface area contributed by atoms with Crippen LogP contribution in [0.15, 0.2) is 15.9 Å². The van der Waals surface area contributed by atoms with Gasteiger partial charge in [-0.25, -0.2) is 0 Å². The number of nitrogens with one attached hydrogen (secondary N) is 1. The minimum atomic E-state index is -0.00979. The maximum absolute atomic E-state index is 12.1. The van der Waals surface area contributed by atoms with Gasteiger partial charge in [0.2, 0.25) is 0 Å². The van der Waals surface area contributed by atoms with Crippen molar-refractivity contribution in [1.29, 1.82) is 0 Å². The predicted molar refractivity (Wildman–Crippen MR) is 76.0 cm³/mol. The summed E-state index contributed by atoms with van der Waals surface area (Å²) >= 11 is 11.1. The van der Waals surface area contributed by atoms with Gasteiger partial charge in [0, 0.05) is 10.5 Å². The summed E-state index contributed by atoms with van der Waals surface area (Å²) in [6.45, 7) is 0. The number of halogens is 2. The molecule has 0 aliphatic heterocycles. The largest absolute Gasteiger partial charge is 0.347 e. The molecule has 2 nitrogen and oxygen atoms in total. The highest BCUT2D eigenvalue weighted by Gasteiger charge is 2.24. The molecule has 1 amide bonds. The number of thiophene rings is 1. The number of carbonyl (C=O) groups excluding carboxylic acids is 1. The quantitative estimate of drug-likeness (QED) is 0.637. The van der Waals surface area contributed by atoms with Gasteiger partial charge in [-0.05, 0) is 40.2 Å². The summed E-state index contributed by atoms with van der Waals surface area (Å²) in [5.74, 6) is -0.00979. The van der Waals surface area contributed by atoms with Gasteiger partial charge >= 0.3 is 0 Å². The SMILES string of the molecule is O=C(NC1CCCCCC1Cl)c1sccc1Br. The molecule has 1 saturated carbocycles. The third-order valence-electron chi connectivity index (χ3n) is 3.07. The van der Waals surface area contributed by atoms with Gasteiger partial charge in [-0.1, -0.05) is 19.3 Å². The zero-order valence-corrected chi connectivity index (χ0v) is 12.6. The molecule has 1 fully saturated rings. The number of hydrogen-bond acceptors (Lipinski definition) is 2. The first-order valence-corrected chi connectivity index (χ1v) is 7.97. The number of amides is 1. The Morgan fingerprint density at radius 1 is 1.41 bits per heavy atom. The van der Waals surface area contributed by atoms with Gasteiger partial charge in [-0.2, -0.15) is 0 Å². The summed E-state index contributed by atoms with van der Waals surface area (Å²) in [6.07, 6.45) is 5.53. The molecular weight excluding hydrogens is 322 g/mol. The van der Waals surface area contributed by atoms with E-state index in [0.717, 1.165) is 28.6 Å². The average Bonchev–Trinajstić information content (AvgIpc) is 2.63. The lowest BCUT2D eigenvalue weighted by Crippen LogP contribution is -2.40. The molecule has 94 valence electrons. The van der Waals surface area contributed by atoms with Gasteiger partial charge < -0.3 is 5.32 Å². The molecule has 1 N–H and O–H groups in total. The lowest BCUT2D eigenvalue weighted by molar-refractivity contribution is 0.0937. The van der Waals surface area contributed by atoms with Gasteiger partial charge in [0.25, 0.3) is 5.91 Å². The van der Waals surface area contributed by atoms with Crippen molar-refractivity contribution in [3.8, 4) is 0 Å². The normalized spacial score (nSPS) is 25.3. The van der Waals surface area contributed by atoms with Crippen molar-refractivity contribution in [3.63, 3.8) is 0 Å². The van der Waals surface area contributed by atoms with Crippen LogP contribution < -0.4 is 5.32 Å². The van der Waals surface area contributed by atoms with Crippen LogP contribution in [0.2, 0.25) is 0 Å². The summed E-state index contributed by atoms with van der Waals surface area (Å²) in [5, 5.41) is 5.04. The Hall–Kier alpha value is -0.0600. The van der Waals surface area contributed by atoms with E-state index < -0.39 is 0 Å². The van der Waals surface area contributed by atoms with Crippen LogP contribution in [0.25, 0.3) is 0 Å². The fourth-order valence-corrected chi connectivity index (χ4v) is 3.91. The lowest BCUT2D eigenvalue weighted by atomic mass is 10.1. The Labute approximate surface area is 119 Å². The van der Waals surface area contributed by atoms with Crippen molar-refractivity contribution in [2.24, 2.45) is 0 Å². The number of rotatable bonds is 2. The molecule has 1 aliphatic carbocycles. The van der Waals surface area contributed by atoms with Gasteiger partial charge in [0.15, 0.2) is 0 Å². The van der Waals surface area contributed by atoms with Crippen molar-refractivity contribution in [2.45, 2.75) is 43.5 Å². The Balaban J connectivity index is 2.00. The van der Waals surface area contributed by atoms with Crippen molar-refractivity contribution >= 4 is 44.8 Å². The monoisotopic (exact) mass is 335 g/mol. The van der Waals surface area contributed by atoms with Gasteiger partial charge in [-0.3, -0.25) is 4.79 Å². The summed E-state index contributed by atoms with van der Waals surface area (Å²) in [5.41, 5.74) is 0. The highest BCUT2D eigenvalue weighted by Crippen LogP contribution is 2.25. The van der Waals surface area contributed by atoms with E-state index in [9.17, 15) is 4.79 Å². The van der Waals surface area contributed by atoms with Gasteiger partial charge in [0.1, 0.15) is 4.88 Å². The number of hydrogen-bond donors (Lipinski definition) is 1. The van der Waals surface area contributed by atoms with Crippen LogP contribution in [0.4, 0.5) is 0 Å². The van der Waals surface area contributed by atoms with Crippen molar-refractivity contribution in [3.05, 3.63) is 20.8 Å². The molecule has 0 spiro atoms. The molecule has 2 rings (SSSR count). The first kappa shape index (κ1) is 13.4. The van der Waals surface area contributed by atoms with Gasteiger partial charge in [-0.15, -0.1) is 22.9 Å². The molecule has 0 saturated heterocycles. The molecule has 1 heterocycles. The van der Waals surface area contributed by atoms with Crippen molar-refractivity contribution < 1.29 is 4.79 Å². The molecule has 1 aromatic heterocycles. The molecule has 17 heavy (non-hydrogen) atoms. The highest BCUT2D eigenvalue weighted by atomic mass is 79.9. The van der Waals surface area contributed by atoms with Crippen LogP contribution in [0.5, 0.6) is 0 Å². The summed E-state index contributed by atoms with van der Waals surface area (Å²) in [7, 11) is 0. The molecule has 0 bridgehead atoms. The molecule has 5 heteroatoms. The highest BCUT2D eigenvalue weighted by molar-refractivity contribution is 9.10. The Kier molecular flexibility index (Phi) is 4.88. The van der Waals surface area contributed by atoms with E-state index in [1.54, 1.807) is 0 Å².